The van der Waals surface area contributed by atoms with Crippen LogP contribution in [0, 0.1) is 0 Å². The van der Waals surface area contributed by atoms with Gasteiger partial charge in [0.05, 0.1) is 0 Å². The van der Waals surface area contributed by atoms with Crippen LogP contribution in [0.1, 0.15) is 12.8 Å². The molecule has 5 heteroatoms. The van der Waals surface area contributed by atoms with Crippen LogP contribution in [0.5, 0.6) is 0 Å². The minimum atomic E-state index is -0.787. The standard InChI is InChI=1S/C6H10O4Te/c7-5(8)1-3-11-4-2-6(9)10/h1-4H2,(H,7,8)(H,9,10). The third-order valence-electron chi connectivity index (χ3n) is 0.921. The molecule has 0 rings (SSSR count). The van der Waals surface area contributed by atoms with Crippen LogP contribution in [0.15, 0.2) is 0 Å². The van der Waals surface area contributed by atoms with Gasteiger partial charge in [-0.1, -0.05) is 0 Å². The van der Waals surface area contributed by atoms with Crippen LogP contribution >= 0.6 is 0 Å². The van der Waals surface area contributed by atoms with Gasteiger partial charge < -0.3 is 0 Å². The minimum absolute atomic E-state index is 0.196. The quantitative estimate of drug-likeness (QED) is 0.545. The Morgan fingerprint density at radius 1 is 1.00 bits per heavy atom. The summed E-state index contributed by atoms with van der Waals surface area (Å²) in [5, 5.41) is 16.5. The molecule has 0 bridgehead atoms. The van der Waals surface area contributed by atoms with Crippen LogP contribution in [-0.4, -0.2) is 43.1 Å². The molecule has 0 saturated heterocycles. The fraction of sp³-hybridized carbons (Fsp3) is 0.667. The number of carboxylic acid groups (broad SMARTS) is 2. The molecule has 0 fully saturated rings. The van der Waals surface area contributed by atoms with Crippen molar-refractivity contribution in [1.29, 1.82) is 0 Å². The van der Waals surface area contributed by atoms with E-state index in [0.717, 1.165) is 0 Å². The summed E-state index contributed by atoms with van der Waals surface area (Å²) in [5.41, 5.74) is 0. The van der Waals surface area contributed by atoms with Crippen molar-refractivity contribution in [3.05, 3.63) is 0 Å². The number of carbonyl (C=O) groups is 2. The second-order valence-corrected chi connectivity index (χ2v) is 5.40. The predicted molar refractivity (Wildman–Crippen MR) is 39.9 cm³/mol. The van der Waals surface area contributed by atoms with Gasteiger partial charge in [0.15, 0.2) is 0 Å². The van der Waals surface area contributed by atoms with Crippen LogP contribution in [0.3, 0.4) is 0 Å². The first-order valence-electron chi connectivity index (χ1n) is 3.14. The summed E-state index contributed by atoms with van der Waals surface area (Å²) in [6, 6.07) is 0. The Morgan fingerprint density at radius 3 is 1.64 bits per heavy atom. The van der Waals surface area contributed by atoms with Crippen LogP contribution in [0.4, 0.5) is 0 Å². The van der Waals surface area contributed by atoms with Crippen molar-refractivity contribution in [3.63, 3.8) is 0 Å². The van der Waals surface area contributed by atoms with Crippen molar-refractivity contribution in [2.24, 2.45) is 0 Å². The summed E-state index contributed by atoms with van der Waals surface area (Å²) in [6.45, 7) is 0. The molecule has 0 radical (unpaired) electrons. The second-order valence-electron chi connectivity index (χ2n) is 1.90. The number of aliphatic carboxylic acids is 2. The molecule has 0 atom stereocenters. The van der Waals surface area contributed by atoms with E-state index in [1.54, 1.807) is 0 Å². The third kappa shape index (κ3) is 9.73. The summed E-state index contributed by atoms with van der Waals surface area (Å²) in [6.07, 6.45) is 0.393. The van der Waals surface area contributed by atoms with Crippen molar-refractivity contribution in [1.82, 2.24) is 0 Å². The monoisotopic (exact) mass is 276 g/mol. The molecule has 4 nitrogen and oxygen atoms in total. The molecule has 64 valence electrons. The fourth-order valence-corrected chi connectivity index (χ4v) is 2.82. The summed E-state index contributed by atoms with van der Waals surface area (Å²) in [4.78, 5) is 20.0. The predicted octanol–water partition coefficient (Wildman–Crippen LogP) is 0.477. The zero-order chi connectivity index (χ0) is 8.69. The Bertz CT molecular complexity index is 130. The molecular weight excluding hydrogens is 264 g/mol. The summed E-state index contributed by atoms with van der Waals surface area (Å²) < 4.78 is 1.40. The van der Waals surface area contributed by atoms with Gasteiger partial charge in [0.2, 0.25) is 0 Å². The van der Waals surface area contributed by atoms with Gasteiger partial charge in [0, 0.05) is 0 Å². The maximum atomic E-state index is 10.0. The zero-order valence-corrected chi connectivity index (χ0v) is 8.28. The van der Waals surface area contributed by atoms with E-state index in [4.69, 9.17) is 10.2 Å². The molecule has 0 aliphatic rings. The van der Waals surface area contributed by atoms with Crippen molar-refractivity contribution in [3.8, 4) is 0 Å². The van der Waals surface area contributed by atoms with Crippen LogP contribution in [0.2, 0.25) is 8.94 Å². The molecule has 0 spiro atoms. The van der Waals surface area contributed by atoms with Crippen LogP contribution in [-0.2, 0) is 9.59 Å². The normalized spacial score (nSPS) is 9.45. The molecule has 11 heavy (non-hydrogen) atoms. The average Bonchev–Trinajstić information content (AvgIpc) is 1.85. The summed E-state index contributed by atoms with van der Waals surface area (Å²) in [7, 11) is 0. The Kier molecular flexibility index (Phi) is 6.28. The molecule has 0 aromatic rings. The first-order chi connectivity index (χ1) is 5.13. The van der Waals surface area contributed by atoms with Gasteiger partial charge in [0.25, 0.3) is 0 Å². The molecule has 0 aromatic heterocycles. The fourth-order valence-electron chi connectivity index (χ4n) is 0.421. The molecule has 0 saturated carbocycles. The van der Waals surface area contributed by atoms with E-state index in [1.807, 2.05) is 0 Å². The Hall–Kier alpha value is -0.270. The average molecular weight is 274 g/mol. The van der Waals surface area contributed by atoms with Crippen LogP contribution < -0.4 is 0 Å². The van der Waals surface area contributed by atoms with Gasteiger partial charge in [0.1, 0.15) is 0 Å². The molecular formula is C6H10O4Te. The maximum absolute atomic E-state index is 10.0. The third-order valence-corrected chi connectivity index (χ3v) is 3.73. The topological polar surface area (TPSA) is 74.6 Å². The van der Waals surface area contributed by atoms with Crippen molar-refractivity contribution in [2.75, 3.05) is 0 Å². The molecule has 0 aromatic carbocycles. The van der Waals surface area contributed by atoms with E-state index in [9.17, 15) is 9.59 Å². The van der Waals surface area contributed by atoms with Crippen molar-refractivity contribution < 1.29 is 19.8 Å². The van der Waals surface area contributed by atoms with Gasteiger partial charge in [-0.25, -0.2) is 0 Å². The summed E-state index contributed by atoms with van der Waals surface area (Å²) in [5.74, 6) is -1.57. The Labute approximate surface area is 74.7 Å². The van der Waals surface area contributed by atoms with Crippen LogP contribution in [0.25, 0.3) is 0 Å². The van der Waals surface area contributed by atoms with E-state index in [2.05, 4.69) is 0 Å². The van der Waals surface area contributed by atoms with E-state index in [-0.39, 0.29) is 33.8 Å². The van der Waals surface area contributed by atoms with Gasteiger partial charge in [-0.05, 0) is 0 Å². The van der Waals surface area contributed by atoms with Gasteiger partial charge >= 0.3 is 74.4 Å². The molecule has 0 aliphatic heterocycles. The first kappa shape index (κ1) is 10.7. The van der Waals surface area contributed by atoms with Gasteiger partial charge in [-0.15, -0.1) is 0 Å². The number of carboxylic acids is 2. The molecule has 0 amide bonds. The molecule has 0 aliphatic carbocycles. The molecule has 2 N–H and O–H groups in total. The number of hydrogen-bond acceptors (Lipinski definition) is 2. The van der Waals surface area contributed by atoms with Crippen molar-refractivity contribution in [2.45, 2.75) is 21.8 Å². The Balaban J connectivity index is 3.03. The SMILES string of the molecule is O=C(O)CC[Te]CCC(=O)O. The number of rotatable bonds is 6. The zero-order valence-electron chi connectivity index (χ0n) is 5.95. The van der Waals surface area contributed by atoms with E-state index in [0.29, 0.717) is 8.94 Å². The summed E-state index contributed by atoms with van der Waals surface area (Å²) >= 11 is -0.365. The second kappa shape index (κ2) is 6.44. The van der Waals surface area contributed by atoms with Gasteiger partial charge in [-0.2, -0.15) is 0 Å². The Morgan fingerprint density at radius 2 is 1.36 bits per heavy atom. The molecule has 0 heterocycles. The van der Waals surface area contributed by atoms with Crippen molar-refractivity contribution >= 4 is 32.9 Å². The molecule has 0 unspecified atom stereocenters. The van der Waals surface area contributed by atoms with Gasteiger partial charge in [-0.3, -0.25) is 0 Å². The van der Waals surface area contributed by atoms with E-state index < -0.39 is 11.9 Å². The number of hydrogen-bond donors (Lipinski definition) is 2. The van der Waals surface area contributed by atoms with E-state index >= 15 is 0 Å². The first-order valence-corrected chi connectivity index (χ1v) is 6.44. The van der Waals surface area contributed by atoms with E-state index in [1.165, 1.54) is 0 Å².